The standard InChI is InChI=1S/C22H26BrN3O2/c1-3-25(2)14-17-7-4-6-16(10-17)13-24-22(28)18-11-21(27)26(15-18)20-9-5-8-19(23)12-20/h4-10,12,18H,3,11,13-15H2,1-2H3,(H,24,28). The molecule has 1 unspecified atom stereocenters. The lowest BCUT2D eigenvalue weighted by atomic mass is 10.1. The van der Waals surface area contributed by atoms with Gasteiger partial charge in [-0.05, 0) is 42.9 Å². The van der Waals surface area contributed by atoms with Crippen molar-refractivity contribution in [2.24, 2.45) is 5.92 Å². The van der Waals surface area contributed by atoms with Gasteiger partial charge >= 0.3 is 0 Å². The van der Waals surface area contributed by atoms with Crippen LogP contribution in [0.25, 0.3) is 0 Å². The van der Waals surface area contributed by atoms with E-state index in [2.05, 4.69) is 52.3 Å². The Morgan fingerprint density at radius 1 is 1.21 bits per heavy atom. The Kier molecular flexibility index (Phi) is 6.86. The highest BCUT2D eigenvalue weighted by Gasteiger charge is 2.35. The SMILES string of the molecule is CCN(C)Cc1cccc(CNC(=O)C2CC(=O)N(c3cccc(Br)c3)C2)c1. The number of carbonyl (C=O) groups is 2. The summed E-state index contributed by atoms with van der Waals surface area (Å²) in [7, 11) is 2.09. The molecule has 1 fully saturated rings. The van der Waals surface area contributed by atoms with Crippen LogP contribution in [0.5, 0.6) is 0 Å². The van der Waals surface area contributed by atoms with E-state index in [4.69, 9.17) is 0 Å². The minimum Gasteiger partial charge on any atom is -0.352 e. The second kappa shape index (κ2) is 9.34. The highest BCUT2D eigenvalue weighted by Crippen LogP contribution is 2.27. The number of halogens is 1. The molecule has 1 N–H and O–H groups in total. The van der Waals surface area contributed by atoms with Crippen LogP contribution in [0.2, 0.25) is 0 Å². The summed E-state index contributed by atoms with van der Waals surface area (Å²) in [5.74, 6) is -0.398. The third-order valence-electron chi connectivity index (χ3n) is 5.07. The summed E-state index contributed by atoms with van der Waals surface area (Å²) in [4.78, 5) is 28.9. The van der Waals surface area contributed by atoms with Crippen molar-refractivity contribution in [3.8, 4) is 0 Å². The molecule has 28 heavy (non-hydrogen) atoms. The van der Waals surface area contributed by atoms with Gasteiger partial charge in [0.15, 0.2) is 0 Å². The Morgan fingerprint density at radius 2 is 1.96 bits per heavy atom. The van der Waals surface area contributed by atoms with Gasteiger partial charge in [-0.25, -0.2) is 0 Å². The maximum atomic E-state index is 12.6. The molecular weight excluding hydrogens is 418 g/mol. The van der Waals surface area contributed by atoms with Crippen LogP contribution in [-0.2, 0) is 22.7 Å². The van der Waals surface area contributed by atoms with Crippen molar-refractivity contribution in [1.29, 1.82) is 0 Å². The Morgan fingerprint density at radius 3 is 2.71 bits per heavy atom. The minimum absolute atomic E-state index is 0.0112. The first-order valence-electron chi connectivity index (χ1n) is 9.56. The van der Waals surface area contributed by atoms with Crippen LogP contribution in [0.3, 0.4) is 0 Å². The van der Waals surface area contributed by atoms with Gasteiger partial charge < -0.3 is 15.1 Å². The van der Waals surface area contributed by atoms with E-state index < -0.39 is 0 Å². The number of benzene rings is 2. The largest absolute Gasteiger partial charge is 0.352 e. The lowest BCUT2D eigenvalue weighted by Crippen LogP contribution is -2.32. The number of nitrogens with one attached hydrogen (secondary N) is 1. The molecule has 2 aromatic rings. The van der Waals surface area contributed by atoms with Gasteiger partial charge in [0.25, 0.3) is 0 Å². The van der Waals surface area contributed by atoms with Crippen LogP contribution < -0.4 is 10.2 Å². The molecule has 1 atom stereocenters. The van der Waals surface area contributed by atoms with Crippen LogP contribution in [-0.4, -0.2) is 36.9 Å². The number of hydrogen-bond acceptors (Lipinski definition) is 3. The van der Waals surface area contributed by atoms with Crippen molar-refractivity contribution in [3.05, 3.63) is 64.1 Å². The van der Waals surface area contributed by atoms with Crippen molar-refractivity contribution in [2.75, 3.05) is 25.0 Å². The molecule has 0 spiro atoms. The van der Waals surface area contributed by atoms with Gasteiger partial charge in [0, 0.05) is 36.2 Å². The topological polar surface area (TPSA) is 52.7 Å². The molecule has 3 rings (SSSR count). The summed E-state index contributed by atoms with van der Waals surface area (Å²) in [5, 5.41) is 3.00. The molecular formula is C22H26BrN3O2. The molecule has 1 aliphatic heterocycles. The first kappa shape index (κ1) is 20.6. The summed E-state index contributed by atoms with van der Waals surface area (Å²) >= 11 is 3.43. The molecule has 0 aliphatic carbocycles. The molecule has 0 saturated carbocycles. The third kappa shape index (κ3) is 5.20. The molecule has 0 radical (unpaired) electrons. The van der Waals surface area contributed by atoms with Gasteiger partial charge in [-0.1, -0.05) is 53.2 Å². The minimum atomic E-state index is -0.319. The normalized spacial score (nSPS) is 16.6. The van der Waals surface area contributed by atoms with E-state index >= 15 is 0 Å². The maximum Gasteiger partial charge on any atom is 0.227 e. The number of carbonyl (C=O) groups excluding carboxylic acids is 2. The fraction of sp³-hybridized carbons (Fsp3) is 0.364. The molecule has 0 bridgehead atoms. The number of hydrogen-bond donors (Lipinski definition) is 1. The lowest BCUT2D eigenvalue weighted by Gasteiger charge is -2.17. The highest BCUT2D eigenvalue weighted by atomic mass is 79.9. The molecule has 5 nitrogen and oxygen atoms in total. The van der Waals surface area contributed by atoms with E-state index in [0.717, 1.165) is 28.8 Å². The van der Waals surface area contributed by atoms with Crippen molar-refractivity contribution in [1.82, 2.24) is 10.2 Å². The molecule has 2 amide bonds. The Bertz CT molecular complexity index is 855. The summed E-state index contributed by atoms with van der Waals surface area (Å²) < 4.78 is 0.916. The number of anilines is 1. The summed E-state index contributed by atoms with van der Waals surface area (Å²) in [6.07, 6.45) is 0.250. The average molecular weight is 444 g/mol. The Hall–Kier alpha value is -2.18. The first-order chi connectivity index (χ1) is 13.5. The molecule has 2 aromatic carbocycles. The summed E-state index contributed by atoms with van der Waals surface area (Å²) in [5.41, 5.74) is 3.12. The van der Waals surface area contributed by atoms with Crippen LogP contribution in [0.15, 0.2) is 53.0 Å². The molecule has 0 aromatic heterocycles. The average Bonchev–Trinajstić information content (AvgIpc) is 3.08. The zero-order valence-corrected chi connectivity index (χ0v) is 17.9. The third-order valence-corrected chi connectivity index (χ3v) is 5.56. The summed E-state index contributed by atoms with van der Waals surface area (Å²) in [6, 6.07) is 15.9. The van der Waals surface area contributed by atoms with Gasteiger partial charge in [-0.3, -0.25) is 9.59 Å². The van der Waals surface area contributed by atoms with Gasteiger partial charge in [-0.2, -0.15) is 0 Å². The fourth-order valence-corrected chi connectivity index (χ4v) is 3.76. The fourth-order valence-electron chi connectivity index (χ4n) is 3.37. The maximum absolute atomic E-state index is 12.6. The molecule has 1 saturated heterocycles. The van der Waals surface area contributed by atoms with Gasteiger partial charge in [0.2, 0.25) is 11.8 Å². The zero-order valence-electron chi connectivity index (χ0n) is 16.3. The van der Waals surface area contributed by atoms with Crippen molar-refractivity contribution in [2.45, 2.75) is 26.4 Å². The van der Waals surface area contributed by atoms with Crippen LogP contribution >= 0.6 is 15.9 Å². The zero-order chi connectivity index (χ0) is 20.1. The predicted molar refractivity (Wildman–Crippen MR) is 115 cm³/mol. The van der Waals surface area contributed by atoms with E-state index in [1.54, 1.807) is 4.90 Å². The smallest absolute Gasteiger partial charge is 0.227 e. The van der Waals surface area contributed by atoms with Gasteiger partial charge in [-0.15, -0.1) is 0 Å². The Balaban J connectivity index is 1.57. The second-order valence-corrected chi connectivity index (χ2v) is 8.17. The number of amides is 2. The van der Waals surface area contributed by atoms with E-state index in [-0.39, 0.29) is 24.2 Å². The van der Waals surface area contributed by atoms with Crippen LogP contribution in [0.4, 0.5) is 5.69 Å². The van der Waals surface area contributed by atoms with Crippen LogP contribution in [0, 0.1) is 5.92 Å². The van der Waals surface area contributed by atoms with Crippen molar-refractivity contribution < 1.29 is 9.59 Å². The van der Waals surface area contributed by atoms with Crippen LogP contribution in [0.1, 0.15) is 24.5 Å². The van der Waals surface area contributed by atoms with Crippen molar-refractivity contribution >= 4 is 33.4 Å². The quantitative estimate of drug-likeness (QED) is 0.711. The highest BCUT2D eigenvalue weighted by molar-refractivity contribution is 9.10. The van der Waals surface area contributed by atoms with Crippen molar-refractivity contribution in [3.63, 3.8) is 0 Å². The second-order valence-electron chi connectivity index (χ2n) is 7.25. The molecule has 148 valence electrons. The van der Waals surface area contributed by atoms with Gasteiger partial charge in [0.1, 0.15) is 0 Å². The monoisotopic (exact) mass is 443 g/mol. The molecule has 1 aliphatic rings. The first-order valence-corrected chi connectivity index (χ1v) is 10.4. The molecule has 1 heterocycles. The lowest BCUT2D eigenvalue weighted by molar-refractivity contribution is -0.126. The predicted octanol–water partition coefficient (Wildman–Crippen LogP) is 3.57. The Labute approximate surface area is 174 Å². The van der Waals surface area contributed by atoms with E-state index in [9.17, 15) is 9.59 Å². The number of rotatable bonds is 7. The molecule has 6 heteroatoms. The van der Waals surface area contributed by atoms with Gasteiger partial charge in [0.05, 0.1) is 5.92 Å². The van der Waals surface area contributed by atoms with E-state index in [1.165, 1.54) is 5.56 Å². The summed E-state index contributed by atoms with van der Waals surface area (Å²) in [6.45, 7) is 4.90. The number of nitrogens with zero attached hydrogens (tertiary/aromatic N) is 2. The van der Waals surface area contributed by atoms with E-state index in [1.807, 2.05) is 36.4 Å². The van der Waals surface area contributed by atoms with E-state index in [0.29, 0.717) is 13.1 Å².